The number of carbonyl (C=O) groups is 3. The molecule has 1 saturated heterocycles. The van der Waals surface area contributed by atoms with Crippen LogP contribution in [0.25, 0.3) is 6.08 Å². The highest BCUT2D eigenvalue weighted by Gasteiger charge is 2.36. The summed E-state index contributed by atoms with van der Waals surface area (Å²) in [5, 5.41) is 2.14. The summed E-state index contributed by atoms with van der Waals surface area (Å²) < 4.78 is 36.3. The second kappa shape index (κ2) is 12.9. The van der Waals surface area contributed by atoms with Gasteiger partial charge in [-0.15, -0.1) is 0 Å². The van der Waals surface area contributed by atoms with Gasteiger partial charge in [0.05, 0.1) is 19.9 Å². The predicted octanol–water partition coefficient (Wildman–Crippen LogP) is 5.67. The fourth-order valence-corrected chi connectivity index (χ4v) is 4.36. The number of rotatable bonds is 10. The van der Waals surface area contributed by atoms with Gasteiger partial charge in [0, 0.05) is 0 Å². The first kappa shape index (κ1) is 28.9. The van der Waals surface area contributed by atoms with E-state index in [-0.39, 0.29) is 17.9 Å². The van der Waals surface area contributed by atoms with Crippen LogP contribution < -0.4 is 29.2 Å². The van der Waals surface area contributed by atoms with E-state index in [0.717, 1.165) is 28.2 Å². The number of methoxy groups -OCH3 is 2. The van der Waals surface area contributed by atoms with Crippen LogP contribution >= 0.6 is 0 Å². The fourth-order valence-electron chi connectivity index (χ4n) is 4.36. The normalized spacial score (nSPS) is 14.0. The van der Waals surface area contributed by atoms with E-state index in [0.29, 0.717) is 35.2 Å². The van der Waals surface area contributed by atoms with Gasteiger partial charge in [-0.05, 0) is 71.3 Å². The second-order valence-corrected chi connectivity index (χ2v) is 9.39. The number of anilines is 1. The van der Waals surface area contributed by atoms with Crippen LogP contribution in [0.5, 0.6) is 23.0 Å². The molecule has 1 N–H and O–H groups in total. The summed E-state index contributed by atoms with van der Waals surface area (Å²) in [4.78, 5) is 38.8. The number of nitrogens with zero attached hydrogens (tertiary/aromatic N) is 1. The van der Waals surface area contributed by atoms with Crippen LogP contribution in [-0.2, 0) is 22.8 Å². The molecule has 0 saturated carbocycles. The van der Waals surface area contributed by atoms with E-state index >= 15 is 0 Å². The molecule has 9 nitrogen and oxygen atoms in total. The van der Waals surface area contributed by atoms with Crippen LogP contribution in [0.1, 0.15) is 16.7 Å². The Hall–Kier alpha value is -5.64. The van der Waals surface area contributed by atoms with Gasteiger partial charge in [-0.2, -0.15) is 0 Å². The fraction of sp³-hybridized carbons (Fsp3) is 0.121. The highest BCUT2D eigenvalue weighted by Crippen LogP contribution is 2.33. The van der Waals surface area contributed by atoms with Gasteiger partial charge in [0.15, 0.2) is 23.0 Å². The van der Waals surface area contributed by atoms with E-state index in [9.17, 15) is 18.8 Å². The number of ether oxygens (including phenoxy) is 4. The number of hydrogen-bond acceptors (Lipinski definition) is 7. The first-order valence-electron chi connectivity index (χ1n) is 13.2. The maximum absolute atomic E-state index is 13.4. The second-order valence-electron chi connectivity index (χ2n) is 9.39. The zero-order valence-corrected chi connectivity index (χ0v) is 23.3. The number of benzene rings is 4. The van der Waals surface area contributed by atoms with Crippen molar-refractivity contribution < 1.29 is 37.7 Å². The van der Waals surface area contributed by atoms with Gasteiger partial charge < -0.3 is 18.9 Å². The van der Waals surface area contributed by atoms with E-state index in [4.69, 9.17) is 18.9 Å². The number of nitrogens with one attached hydrogen (secondary N) is 1. The minimum atomic E-state index is -0.924. The number of carbonyl (C=O) groups excluding carboxylic acids is 3. The summed E-state index contributed by atoms with van der Waals surface area (Å²) in [6, 6.07) is 24.1. The summed E-state index contributed by atoms with van der Waals surface area (Å²) in [6.07, 6.45) is 1.34. The molecule has 0 bridgehead atoms. The molecular formula is C33H27FN2O7. The number of imide groups is 2. The van der Waals surface area contributed by atoms with Gasteiger partial charge in [0.25, 0.3) is 11.8 Å². The van der Waals surface area contributed by atoms with Crippen molar-refractivity contribution in [2.75, 3.05) is 19.1 Å². The minimum absolute atomic E-state index is 0.121. The zero-order chi connectivity index (χ0) is 30.3. The van der Waals surface area contributed by atoms with Crippen molar-refractivity contribution in [3.8, 4) is 23.0 Å². The Morgan fingerprint density at radius 1 is 0.721 bits per heavy atom. The molecule has 0 atom stereocenters. The molecule has 1 fully saturated rings. The van der Waals surface area contributed by atoms with Crippen molar-refractivity contribution in [3.05, 3.63) is 119 Å². The molecule has 0 aliphatic carbocycles. The van der Waals surface area contributed by atoms with Gasteiger partial charge in [-0.3, -0.25) is 14.9 Å². The molecule has 218 valence electrons. The number of urea groups is 1. The monoisotopic (exact) mass is 582 g/mol. The Bertz CT molecular complexity index is 1690. The molecule has 4 aromatic rings. The van der Waals surface area contributed by atoms with Crippen LogP contribution in [0.3, 0.4) is 0 Å². The third-order valence-electron chi connectivity index (χ3n) is 6.54. The summed E-state index contributed by atoms with van der Waals surface area (Å²) in [5.41, 5.74) is 2.16. The summed E-state index contributed by atoms with van der Waals surface area (Å²) in [5.74, 6) is -0.267. The average Bonchev–Trinajstić information content (AvgIpc) is 3.02. The van der Waals surface area contributed by atoms with E-state index < -0.39 is 23.7 Å². The molecule has 1 aliphatic heterocycles. The molecule has 0 spiro atoms. The van der Waals surface area contributed by atoms with Gasteiger partial charge >= 0.3 is 6.03 Å². The van der Waals surface area contributed by atoms with Crippen molar-refractivity contribution in [1.29, 1.82) is 0 Å². The average molecular weight is 583 g/mol. The zero-order valence-electron chi connectivity index (χ0n) is 23.3. The Morgan fingerprint density at radius 3 is 2.02 bits per heavy atom. The minimum Gasteiger partial charge on any atom is -0.493 e. The van der Waals surface area contributed by atoms with Crippen LogP contribution in [0, 0.1) is 5.82 Å². The van der Waals surface area contributed by atoms with E-state index in [1.807, 2.05) is 48.5 Å². The van der Waals surface area contributed by atoms with Crippen molar-refractivity contribution in [2.24, 2.45) is 0 Å². The van der Waals surface area contributed by atoms with Crippen molar-refractivity contribution in [3.63, 3.8) is 0 Å². The standard InChI is InChI=1S/C33H27FN2O7/c1-40-29-17-22(16-26-31(37)35-33(39)36(32(26)38)25-12-10-24(34)11-13-25)8-14-27(29)43-20-23-9-15-28(30(18-23)41-2)42-19-21-6-4-3-5-7-21/h3-18H,19-20H2,1-2H3,(H,35,37,39)/b26-16+. The lowest BCUT2D eigenvalue weighted by Crippen LogP contribution is -2.54. The summed E-state index contributed by atoms with van der Waals surface area (Å²) in [7, 11) is 3.03. The Labute approximate surface area is 247 Å². The number of hydrogen-bond donors (Lipinski definition) is 1. The maximum atomic E-state index is 13.4. The first-order chi connectivity index (χ1) is 20.9. The number of halogens is 1. The van der Waals surface area contributed by atoms with E-state index in [1.54, 1.807) is 25.3 Å². The molecule has 1 aliphatic rings. The predicted molar refractivity (Wildman–Crippen MR) is 156 cm³/mol. The summed E-state index contributed by atoms with van der Waals surface area (Å²) in [6.45, 7) is 0.600. The molecule has 10 heteroatoms. The molecule has 43 heavy (non-hydrogen) atoms. The quantitative estimate of drug-likeness (QED) is 0.190. The molecule has 1 heterocycles. The molecule has 0 radical (unpaired) electrons. The summed E-state index contributed by atoms with van der Waals surface area (Å²) >= 11 is 0. The lowest BCUT2D eigenvalue weighted by Gasteiger charge is -2.26. The smallest absolute Gasteiger partial charge is 0.335 e. The highest BCUT2D eigenvalue weighted by atomic mass is 19.1. The van der Waals surface area contributed by atoms with Gasteiger partial charge in [0.2, 0.25) is 0 Å². The Morgan fingerprint density at radius 2 is 1.35 bits per heavy atom. The van der Waals surface area contributed by atoms with Crippen LogP contribution in [0.15, 0.2) is 96.6 Å². The molecule has 4 amide bonds. The van der Waals surface area contributed by atoms with Crippen molar-refractivity contribution in [2.45, 2.75) is 13.2 Å². The third-order valence-corrected chi connectivity index (χ3v) is 6.54. The SMILES string of the molecule is COc1cc(/C=C2\C(=O)NC(=O)N(c3ccc(F)cc3)C2=O)ccc1OCc1ccc(OCc2ccccc2)c(OC)c1. The van der Waals surface area contributed by atoms with Gasteiger partial charge in [0.1, 0.15) is 24.6 Å². The molecule has 5 rings (SSSR count). The molecule has 4 aromatic carbocycles. The van der Waals surface area contributed by atoms with Gasteiger partial charge in [-0.25, -0.2) is 14.1 Å². The van der Waals surface area contributed by atoms with Crippen molar-refractivity contribution >= 4 is 29.6 Å². The largest absolute Gasteiger partial charge is 0.493 e. The lowest BCUT2D eigenvalue weighted by molar-refractivity contribution is -0.122. The topological polar surface area (TPSA) is 103 Å². The Kier molecular flexibility index (Phi) is 8.66. The molecule has 0 aromatic heterocycles. The molecule has 0 unspecified atom stereocenters. The van der Waals surface area contributed by atoms with Gasteiger partial charge in [-0.1, -0.05) is 42.5 Å². The van der Waals surface area contributed by atoms with Crippen molar-refractivity contribution in [1.82, 2.24) is 5.32 Å². The Balaban J connectivity index is 1.30. The van der Waals surface area contributed by atoms with Crippen LogP contribution in [-0.4, -0.2) is 32.1 Å². The maximum Gasteiger partial charge on any atom is 0.335 e. The number of barbiturate groups is 1. The lowest BCUT2D eigenvalue weighted by atomic mass is 10.1. The third kappa shape index (κ3) is 6.65. The number of amides is 4. The van der Waals surface area contributed by atoms with E-state index in [1.165, 1.54) is 25.3 Å². The first-order valence-corrected chi connectivity index (χ1v) is 13.2. The van der Waals surface area contributed by atoms with Crippen LogP contribution in [0.4, 0.5) is 14.9 Å². The highest BCUT2D eigenvalue weighted by molar-refractivity contribution is 6.39. The van der Waals surface area contributed by atoms with E-state index in [2.05, 4.69) is 5.32 Å². The molecular weight excluding hydrogens is 555 g/mol. The van der Waals surface area contributed by atoms with Crippen LogP contribution in [0.2, 0.25) is 0 Å².